The molecule has 0 amide bonds. The largest absolute Gasteiger partial charge is 0.475 e. The van der Waals surface area contributed by atoms with E-state index < -0.39 is 17.6 Å². The van der Waals surface area contributed by atoms with Crippen LogP contribution in [0.2, 0.25) is 0 Å². The van der Waals surface area contributed by atoms with Crippen LogP contribution in [0.3, 0.4) is 0 Å². The van der Waals surface area contributed by atoms with Gasteiger partial charge in [-0.25, -0.2) is 14.2 Å². The molecule has 0 aliphatic carbocycles. The minimum absolute atomic E-state index is 0.126. The van der Waals surface area contributed by atoms with E-state index in [0.29, 0.717) is 5.56 Å². The standard InChI is InChI=1S/C14H16FNO3/c1-14(2,3)19-13(17)11-8-18-12(16-11)9-5-4-6-10(15)7-9/h4-7,11H,8H2,1-3H3. The molecule has 0 fully saturated rings. The summed E-state index contributed by atoms with van der Waals surface area (Å²) in [6, 6.07) is 5.22. The molecule has 1 atom stereocenters. The highest BCUT2D eigenvalue weighted by molar-refractivity contribution is 5.97. The van der Waals surface area contributed by atoms with E-state index in [-0.39, 0.29) is 18.3 Å². The van der Waals surface area contributed by atoms with Crippen molar-refractivity contribution in [1.29, 1.82) is 0 Å². The summed E-state index contributed by atoms with van der Waals surface area (Å²) in [5, 5.41) is 0. The Balaban J connectivity index is 2.11. The molecule has 19 heavy (non-hydrogen) atoms. The Morgan fingerprint density at radius 3 is 2.84 bits per heavy atom. The summed E-state index contributed by atoms with van der Waals surface area (Å²) >= 11 is 0. The topological polar surface area (TPSA) is 47.9 Å². The van der Waals surface area contributed by atoms with Crippen molar-refractivity contribution in [1.82, 2.24) is 0 Å². The second-order valence-corrected chi connectivity index (χ2v) is 5.30. The van der Waals surface area contributed by atoms with E-state index in [1.54, 1.807) is 32.9 Å². The van der Waals surface area contributed by atoms with E-state index >= 15 is 0 Å². The maximum atomic E-state index is 13.1. The normalized spacial score (nSPS) is 18.7. The number of nitrogens with zero attached hydrogens (tertiary/aromatic N) is 1. The van der Waals surface area contributed by atoms with E-state index in [1.807, 2.05) is 0 Å². The lowest BCUT2D eigenvalue weighted by atomic mass is 10.2. The quantitative estimate of drug-likeness (QED) is 0.771. The van der Waals surface area contributed by atoms with Crippen molar-refractivity contribution in [2.45, 2.75) is 32.4 Å². The van der Waals surface area contributed by atoms with Crippen LogP contribution in [0, 0.1) is 5.82 Å². The van der Waals surface area contributed by atoms with Gasteiger partial charge in [-0.2, -0.15) is 0 Å². The zero-order valence-electron chi connectivity index (χ0n) is 11.1. The lowest BCUT2D eigenvalue weighted by Crippen LogP contribution is -2.31. The third kappa shape index (κ3) is 3.53. The van der Waals surface area contributed by atoms with E-state index in [4.69, 9.17) is 9.47 Å². The van der Waals surface area contributed by atoms with Crippen LogP contribution in [-0.4, -0.2) is 30.1 Å². The summed E-state index contributed by atoms with van der Waals surface area (Å²) < 4.78 is 23.7. The Labute approximate surface area is 111 Å². The highest BCUT2D eigenvalue weighted by Crippen LogP contribution is 2.16. The number of rotatable bonds is 2. The fourth-order valence-electron chi connectivity index (χ4n) is 1.64. The molecule has 0 spiro atoms. The zero-order chi connectivity index (χ0) is 14.0. The van der Waals surface area contributed by atoms with Gasteiger partial charge in [-0.15, -0.1) is 0 Å². The number of esters is 1. The Kier molecular flexibility index (Phi) is 3.55. The van der Waals surface area contributed by atoms with E-state index in [9.17, 15) is 9.18 Å². The molecule has 0 bridgehead atoms. The molecule has 102 valence electrons. The summed E-state index contributed by atoms with van der Waals surface area (Å²) in [7, 11) is 0. The summed E-state index contributed by atoms with van der Waals surface area (Å²) in [6.07, 6.45) is 0. The van der Waals surface area contributed by atoms with E-state index in [0.717, 1.165) is 0 Å². The van der Waals surface area contributed by atoms with Gasteiger partial charge in [0.2, 0.25) is 5.90 Å². The molecule has 1 aliphatic rings. The Bertz CT molecular complexity index is 520. The molecule has 1 heterocycles. The molecule has 0 saturated carbocycles. The van der Waals surface area contributed by atoms with E-state index in [1.165, 1.54) is 12.1 Å². The van der Waals surface area contributed by atoms with Gasteiger partial charge in [0.15, 0.2) is 6.04 Å². The molecular formula is C14H16FNO3. The number of ether oxygens (including phenoxy) is 2. The minimum Gasteiger partial charge on any atom is -0.475 e. The summed E-state index contributed by atoms with van der Waals surface area (Å²) in [5.74, 6) is -0.529. The van der Waals surface area contributed by atoms with Gasteiger partial charge in [0.05, 0.1) is 0 Å². The first-order chi connectivity index (χ1) is 8.85. The van der Waals surface area contributed by atoms with Crippen LogP contribution in [0.1, 0.15) is 26.3 Å². The predicted octanol–water partition coefficient (Wildman–Crippen LogP) is 2.31. The highest BCUT2D eigenvalue weighted by atomic mass is 19.1. The fourth-order valence-corrected chi connectivity index (χ4v) is 1.64. The second kappa shape index (κ2) is 4.99. The maximum absolute atomic E-state index is 13.1. The van der Waals surface area contributed by atoms with Gasteiger partial charge in [-0.05, 0) is 39.0 Å². The Morgan fingerprint density at radius 2 is 2.21 bits per heavy atom. The fraction of sp³-hybridized carbons (Fsp3) is 0.429. The lowest BCUT2D eigenvalue weighted by molar-refractivity contribution is -0.156. The van der Waals surface area contributed by atoms with Gasteiger partial charge in [-0.1, -0.05) is 6.07 Å². The molecule has 1 aromatic carbocycles. The molecule has 0 saturated heterocycles. The Hall–Kier alpha value is -1.91. The molecule has 4 nitrogen and oxygen atoms in total. The summed E-state index contributed by atoms with van der Waals surface area (Å²) in [6.45, 7) is 5.49. The molecule has 2 rings (SSSR count). The highest BCUT2D eigenvalue weighted by Gasteiger charge is 2.30. The van der Waals surface area contributed by atoms with Gasteiger partial charge in [0.25, 0.3) is 0 Å². The van der Waals surface area contributed by atoms with Crippen LogP contribution in [0.15, 0.2) is 29.3 Å². The average Bonchev–Trinajstić information content (AvgIpc) is 2.75. The first-order valence-electron chi connectivity index (χ1n) is 6.04. The average molecular weight is 265 g/mol. The van der Waals surface area contributed by atoms with Gasteiger partial charge >= 0.3 is 5.97 Å². The van der Waals surface area contributed by atoms with Crippen molar-refractivity contribution >= 4 is 11.9 Å². The molecule has 0 radical (unpaired) electrons. The molecule has 1 aliphatic heterocycles. The van der Waals surface area contributed by atoms with Gasteiger partial charge in [0.1, 0.15) is 18.0 Å². The van der Waals surface area contributed by atoms with Crippen LogP contribution in [0.5, 0.6) is 0 Å². The van der Waals surface area contributed by atoms with Gasteiger partial charge in [-0.3, -0.25) is 0 Å². The van der Waals surface area contributed by atoms with Crippen molar-refractivity contribution < 1.29 is 18.7 Å². The first-order valence-corrected chi connectivity index (χ1v) is 6.04. The van der Waals surface area contributed by atoms with Crippen LogP contribution >= 0.6 is 0 Å². The third-order valence-electron chi connectivity index (χ3n) is 2.40. The molecule has 1 unspecified atom stereocenters. The molecular weight excluding hydrogens is 249 g/mol. The summed E-state index contributed by atoms with van der Waals surface area (Å²) in [4.78, 5) is 16.0. The number of hydrogen-bond acceptors (Lipinski definition) is 4. The van der Waals surface area contributed by atoms with Gasteiger partial charge in [0, 0.05) is 5.56 Å². The number of hydrogen-bond donors (Lipinski definition) is 0. The first kappa shape index (κ1) is 13.5. The smallest absolute Gasteiger partial charge is 0.335 e. The number of aliphatic imine (C=N–C) groups is 1. The zero-order valence-corrected chi connectivity index (χ0v) is 11.1. The molecule has 0 aromatic heterocycles. The van der Waals surface area contributed by atoms with Crippen molar-refractivity contribution in [3.05, 3.63) is 35.6 Å². The van der Waals surface area contributed by atoms with Crippen LogP contribution in [0.25, 0.3) is 0 Å². The lowest BCUT2D eigenvalue weighted by Gasteiger charge is -2.20. The number of carbonyl (C=O) groups is 1. The second-order valence-electron chi connectivity index (χ2n) is 5.30. The SMILES string of the molecule is CC(C)(C)OC(=O)C1COC(c2cccc(F)c2)=N1. The van der Waals surface area contributed by atoms with Crippen molar-refractivity contribution in [2.24, 2.45) is 4.99 Å². The van der Waals surface area contributed by atoms with Crippen molar-refractivity contribution in [3.8, 4) is 0 Å². The minimum atomic E-state index is -0.683. The monoisotopic (exact) mass is 265 g/mol. The molecule has 0 N–H and O–H groups in total. The molecule has 5 heteroatoms. The van der Waals surface area contributed by atoms with Gasteiger partial charge < -0.3 is 9.47 Å². The van der Waals surface area contributed by atoms with E-state index in [2.05, 4.69) is 4.99 Å². The molecule has 1 aromatic rings. The Morgan fingerprint density at radius 1 is 1.47 bits per heavy atom. The van der Waals surface area contributed by atoms with Crippen molar-refractivity contribution in [2.75, 3.05) is 6.61 Å². The van der Waals surface area contributed by atoms with Crippen LogP contribution in [-0.2, 0) is 14.3 Å². The number of benzene rings is 1. The number of carbonyl (C=O) groups excluding carboxylic acids is 1. The van der Waals surface area contributed by atoms with Crippen LogP contribution < -0.4 is 0 Å². The van der Waals surface area contributed by atoms with Crippen LogP contribution in [0.4, 0.5) is 4.39 Å². The summed E-state index contributed by atoms with van der Waals surface area (Å²) in [5.41, 5.74) is -0.0418. The predicted molar refractivity (Wildman–Crippen MR) is 68.5 cm³/mol. The van der Waals surface area contributed by atoms with Crippen molar-refractivity contribution in [3.63, 3.8) is 0 Å². The third-order valence-corrected chi connectivity index (χ3v) is 2.40. The number of halogens is 1. The maximum Gasteiger partial charge on any atom is 0.335 e.